The van der Waals surface area contributed by atoms with Crippen molar-refractivity contribution < 1.29 is 0 Å². The fraction of sp³-hybridized carbons (Fsp3) is 0.231. The maximum atomic E-state index is 3.67. The average Bonchev–Trinajstić information content (AvgIpc) is 2.87. The van der Waals surface area contributed by atoms with Gasteiger partial charge in [0.1, 0.15) is 0 Å². The van der Waals surface area contributed by atoms with Crippen molar-refractivity contribution in [2.45, 2.75) is 15.6 Å². The zero-order valence-electron chi connectivity index (χ0n) is 8.08. The van der Waals surface area contributed by atoms with Crippen LogP contribution in [-0.4, -0.2) is 3.23 Å². The molecule has 1 saturated carbocycles. The highest BCUT2D eigenvalue weighted by Gasteiger charge is 2.50. The fourth-order valence-corrected chi connectivity index (χ4v) is 3.18. The fourth-order valence-electron chi connectivity index (χ4n) is 2.00. The summed E-state index contributed by atoms with van der Waals surface area (Å²) in [5.74, 6) is 0.613. The Kier molecular flexibility index (Phi) is 2.18. The van der Waals surface area contributed by atoms with Crippen molar-refractivity contribution in [2.24, 2.45) is 0 Å². The lowest BCUT2D eigenvalue weighted by Gasteiger charge is -2.03. The third kappa shape index (κ3) is 1.74. The number of benzene rings is 2. The molecule has 0 amide bonds. The molecule has 0 spiro atoms. The molecule has 0 bridgehead atoms. The van der Waals surface area contributed by atoms with Gasteiger partial charge in [0.25, 0.3) is 0 Å². The second-order valence-electron chi connectivity index (χ2n) is 4.12. The molecule has 15 heavy (non-hydrogen) atoms. The third-order valence-electron chi connectivity index (χ3n) is 3.00. The number of fused-ring (bicyclic) bond motifs is 1. The van der Waals surface area contributed by atoms with Crippen molar-refractivity contribution in [3.05, 3.63) is 48.0 Å². The van der Waals surface area contributed by atoms with Gasteiger partial charge in [0.05, 0.1) is 3.23 Å². The molecule has 1 fully saturated rings. The van der Waals surface area contributed by atoms with Crippen LogP contribution in [0.2, 0.25) is 0 Å². The Morgan fingerprint density at radius 3 is 2.33 bits per heavy atom. The van der Waals surface area contributed by atoms with Gasteiger partial charge in [0.2, 0.25) is 0 Å². The molecule has 1 aliphatic rings. The minimum Gasteiger partial charge on any atom is -0.0720 e. The Hall–Kier alpha value is -0.340. The second-order valence-corrected chi connectivity index (χ2v) is 8.02. The summed E-state index contributed by atoms with van der Waals surface area (Å²) in [7, 11) is 0. The maximum absolute atomic E-state index is 3.67. The van der Waals surface area contributed by atoms with Gasteiger partial charge in [0.15, 0.2) is 0 Å². The zero-order chi connectivity index (χ0) is 10.5. The summed E-state index contributed by atoms with van der Waals surface area (Å²) >= 11 is 7.34. The second kappa shape index (κ2) is 3.33. The molecule has 0 aliphatic heterocycles. The predicted octanol–water partition coefficient (Wildman–Crippen LogP) is 4.81. The summed E-state index contributed by atoms with van der Waals surface area (Å²) in [5, 5.41) is 2.65. The number of rotatable bonds is 1. The minimum absolute atomic E-state index is 0.155. The van der Waals surface area contributed by atoms with Crippen LogP contribution in [0.1, 0.15) is 17.9 Å². The molecule has 0 N–H and O–H groups in total. The summed E-state index contributed by atoms with van der Waals surface area (Å²) in [6, 6.07) is 15.2. The van der Waals surface area contributed by atoms with Crippen molar-refractivity contribution in [1.82, 2.24) is 0 Å². The molecule has 2 aromatic rings. The van der Waals surface area contributed by atoms with E-state index in [1.165, 1.54) is 22.8 Å². The molecule has 0 heterocycles. The van der Waals surface area contributed by atoms with Gasteiger partial charge in [-0.05, 0) is 22.8 Å². The Morgan fingerprint density at radius 2 is 1.67 bits per heavy atom. The van der Waals surface area contributed by atoms with E-state index in [4.69, 9.17) is 0 Å². The minimum atomic E-state index is 0.155. The molecule has 0 radical (unpaired) electrons. The lowest BCUT2D eigenvalue weighted by atomic mass is 10.0. The first-order valence-corrected chi connectivity index (χ1v) is 6.62. The lowest BCUT2D eigenvalue weighted by molar-refractivity contribution is 1.13. The number of hydrogen-bond donors (Lipinski definition) is 0. The van der Waals surface area contributed by atoms with Crippen LogP contribution < -0.4 is 0 Å². The van der Waals surface area contributed by atoms with Crippen molar-refractivity contribution in [3.8, 4) is 0 Å². The highest BCUT2D eigenvalue weighted by molar-refractivity contribution is 9.25. The zero-order valence-corrected chi connectivity index (χ0v) is 11.3. The van der Waals surface area contributed by atoms with Crippen molar-refractivity contribution in [1.29, 1.82) is 0 Å². The Balaban J connectivity index is 2.08. The van der Waals surface area contributed by atoms with E-state index in [1.54, 1.807) is 0 Å². The van der Waals surface area contributed by atoms with Crippen LogP contribution in [0.3, 0.4) is 0 Å². The standard InChI is InChI=1S/C13H10Br2/c14-13(15)8-12(13)11-6-5-9-3-1-2-4-10(9)7-11/h1-7,12H,8H2. The molecule has 76 valence electrons. The number of hydrogen-bond acceptors (Lipinski definition) is 0. The molecular weight excluding hydrogens is 316 g/mol. The van der Waals surface area contributed by atoms with Gasteiger partial charge in [-0.3, -0.25) is 0 Å². The van der Waals surface area contributed by atoms with Gasteiger partial charge in [-0.1, -0.05) is 74.3 Å². The molecule has 0 nitrogen and oxygen atoms in total. The quantitative estimate of drug-likeness (QED) is 0.660. The summed E-state index contributed by atoms with van der Waals surface area (Å²) < 4.78 is 0.155. The van der Waals surface area contributed by atoms with Gasteiger partial charge < -0.3 is 0 Å². The van der Waals surface area contributed by atoms with Crippen LogP contribution in [-0.2, 0) is 0 Å². The first-order valence-electron chi connectivity index (χ1n) is 5.03. The van der Waals surface area contributed by atoms with Gasteiger partial charge in [-0.25, -0.2) is 0 Å². The topological polar surface area (TPSA) is 0 Å². The third-order valence-corrected chi connectivity index (χ3v) is 4.75. The van der Waals surface area contributed by atoms with Crippen LogP contribution in [0.4, 0.5) is 0 Å². The van der Waals surface area contributed by atoms with Crippen LogP contribution in [0.25, 0.3) is 10.8 Å². The highest BCUT2D eigenvalue weighted by atomic mass is 79.9. The van der Waals surface area contributed by atoms with Gasteiger partial charge in [-0.2, -0.15) is 0 Å². The smallest absolute Gasteiger partial charge is 0.0720 e. The van der Waals surface area contributed by atoms with Gasteiger partial charge in [0, 0.05) is 5.92 Å². The van der Waals surface area contributed by atoms with Crippen LogP contribution in [0, 0.1) is 0 Å². The van der Waals surface area contributed by atoms with E-state index in [0.717, 1.165) is 0 Å². The molecule has 0 saturated heterocycles. The van der Waals surface area contributed by atoms with E-state index in [9.17, 15) is 0 Å². The maximum Gasteiger partial charge on any atom is 0.0881 e. The van der Waals surface area contributed by atoms with E-state index in [0.29, 0.717) is 5.92 Å². The Bertz CT molecular complexity index is 517. The van der Waals surface area contributed by atoms with E-state index in [2.05, 4.69) is 74.3 Å². The summed E-state index contributed by atoms with van der Waals surface area (Å²) in [4.78, 5) is 0. The van der Waals surface area contributed by atoms with E-state index in [-0.39, 0.29) is 3.23 Å². The molecule has 1 unspecified atom stereocenters. The van der Waals surface area contributed by atoms with Crippen LogP contribution >= 0.6 is 31.9 Å². The number of halogens is 2. The van der Waals surface area contributed by atoms with Crippen molar-refractivity contribution in [3.63, 3.8) is 0 Å². The van der Waals surface area contributed by atoms with E-state index in [1.807, 2.05) is 0 Å². The largest absolute Gasteiger partial charge is 0.0881 e. The summed E-state index contributed by atoms with van der Waals surface area (Å²) in [6.07, 6.45) is 1.17. The first-order chi connectivity index (χ1) is 7.17. The average molecular weight is 326 g/mol. The number of alkyl halides is 2. The molecule has 1 aliphatic carbocycles. The van der Waals surface area contributed by atoms with Gasteiger partial charge in [-0.15, -0.1) is 0 Å². The summed E-state index contributed by atoms with van der Waals surface area (Å²) in [5.41, 5.74) is 1.42. The molecule has 3 rings (SSSR count). The molecular formula is C13H10Br2. The monoisotopic (exact) mass is 324 g/mol. The summed E-state index contributed by atoms with van der Waals surface area (Å²) in [6.45, 7) is 0. The van der Waals surface area contributed by atoms with Gasteiger partial charge >= 0.3 is 0 Å². The Labute approximate surface area is 106 Å². The lowest BCUT2D eigenvalue weighted by Crippen LogP contribution is -1.88. The SMILES string of the molecule is BrC1(Br)CC1c1ccc2ccccc2c1. The van der Waals surface area contributed by atoms with Crippen molar-refractivity contribution in [2.75, 3.05) is 0 Å². The first kappa shape index (κ1) is 9.86. The molecule has 0 aromatic heterocycles. The Morgan fingerprint density at radius 1 is 1.00 bits per heavy atom. The van der Waals surface area contributed by atoms with E-state index < -0.39 is 0 Å². The predicted molar refractivity (Wildman–Crippen MR) is 71.9 cm³/mol. The van der Waals surface area contributed by atoms with Crippen LogP contribution in [0.5, 0.6) is 0 Å². The van der Waals surface area contributed by atoms with Crippen molar-refractivity contribution >= 4 is 42.6 Å². The van der Waals surface area contributed by atoms with E-state index >= 15 is 0 Å². The molecule has 1 atom stereocenters. The molecule has 2 aromatic carbocycles. The highest BCUT2D eigenvalue weighted by Crippen LogP contribution is 2.62. The van der Waals surface area contributed by atoms with Crippen LogP contribution in [0.15, 0.2) is 42.5 Å². The molecule has 2 heteroatoms. The normalized spacial score (nSPS) is 22.9.